The Morgan fingerprint density at radius 3 is 1.63 bits per heavy atom. The molecule has 0 spiro atoms. The second-order valence-electron chi connectivity index (χ2n) is 13.8. The van der Waals surface area contributed by atoms with Crippen LogP contribution in [0.15, 0.2) is 60.7 Å². The van der Waals surface area contributed by atoms with Crippen molar-refractivity contribution in [1.82, 2.24) is 0 Å². The van der Waals surface area contributed by atoms with E-state index in [-0.39, 0.29) is 24.0 Å². The van der Waals surface area contributed by atoms with Crippen molar-refractivity contribution in [2.45, 2.75) is 100 Å². The molecule has 6 heteroatoms. The van der Waals surface area contributed by atoms with Gasteiger partial charge in [-0.1, -0.05) is 38.1 Å². The Hall–Kier alpha value is -3.93. The summed E-state index contributed by atoms with van der Waals surface area (Å²) in [5, 5.41) is 0. The van der Waals surface area contributed by atoms with Crippen LogP contribution in [0.25, 0.3) is 0 Å². The molecular formula is C40H52O6. The molecule has 0 saturated heterocycles. The maximum absolute atomic E-state index is 12.9. The fraction of sp³-hybridized carbons (Fsp3) is 0.475. The zero-order valence-electron chi connectivity index (χ0n) is 29.1. The number of aryl methyl sites for hydroxylation is 4. The van der Waals surface area contributed by atoms with Crippen molar-refractivity contribution in [2.75, 3.05) is 13.2 Å². The fourth-order valence-corrected chi connectivity index (χ4v) is 5.21. The summed E-state index contributed by atoms with van der Waals surface area (Å²) >= 11 is 0. The average Bonchev–Trinajstić information content (AvgIpc) is 3.01. The first-order chi connectivity index (χ1) is 21.7. The molecule has 0 aliphatic heterocycles. The lowest BCUT2D eigenvalue weighted by Crippen LogP contribution is -2.29. The van der Waals surface area contributed by atoms with E-state index in [1.54, 1.807) is 24.3 Å². The van der Waals surface area contributed by atoms with Crippen molar-refractivity contribution in [1.29, 1.82) is 0 Å². The summed E-state index contributed by atoms with van der Waals surface area (Å²) in [6.07, 6.45) is 3.97. The lowest BCUT2D eigenvalue weighted by molar-refractivity contribution is -0.144. The van der Waals surface area contributed by atoms with Crippen LogP contribution in [0.2, 0.25) is 0 Å². The van der Waals surface area contributed by atoms with Crippen molar-refractivity contribution in [3.8, 4) is 17.2 Å². The van der Waals surface area contributed by atoms with E-state index in [1.807, 2.05) is 73.6 Å². The highest BCUT2D eigenvalue weighted by molar-refractivity contribution is 5.96. The number of esters is 1. The van der Waals surface area contributed by atoms with Crippen LogP contribution >= 0.6 is 0 Å². The topological polar surface area (TPSA) is 78.9 Å². The summed E-state index contributed by atoms with van der Waals surface area (Å²) in [4.78, 5) is 38.7. The maximum atomic E-state index is 12.9. The minimum atomic E-state index is -0.688. The number of rotatable bonds is 18. The molecule has 3 aromatic carbocycles. The molecule has 3 aromatic rings. The fourth-order valence-electron chi connectivity index (χ4n) is 5.21. The molecule has 3 rings (SSSR count). The van der Waals surface area contributed by atoms with Gasteiger partial charge in [-0.15, -0.1) is 0 Å². The molecule has 248 valence electrons. The number of benzene rings is 3. The second kappa shape index (κ2) is 16.6. The van der Waals surface area contributed by atoms with E-state index >= 15 is 0 Å². The van der Waals surface area contributed by atoms with Crippen molar-refractivity contribution in [2.24, 2.45) is 10.8 Å². The highest BCUT2D eigenvalue weighted by Crippen LogP contribution is 2.29. The van der Waals surface area contributed by atoms with Crippen LogP contribution in [0.5, 0.6) is 17.2 Å². The van der Waals surface area contributed by atoms with E-state index < -0.39 is 10.8 Å². The summed E-state index contributed by atoms with van der Waals surface area (Å²) in [6.45, 7) is 16.9. The Balaban J connectivity index is 1.37. The molecule has 0 fully saturated rings. The zero-order valence-corrected chi connectivity index (χ0v) is 29.1. The van der Waals surface area contributed by atoms with Gasteiger partial charge in [0.1, 0.15) is 23.0 Å². The van der Waals surface area contributed by atoms with Gasteiger partial charge in [-0.25, -0.2) is 0 Å². The number of carbonyl (C=O) groups excluding carboxylic acids is 3. The maximum Gasteiger partial charge on any atom is 0.316 e. The molecule has 0 bridgehead atoms. The van der Waals surface area contributed by atoms with Crippen molar-refractivity contribution < 1.29 is 28.6 Å². The summed E-state index contributed by atoms with van der Waals surface area (Å²) < 4.78 is 17.5. The normalized spacial score (nSPS) is 11.7. The number of ether oxygens (including phenoxy) is 3. The van der Waals surface area contributed by atoms with Gasteiger partial charge in [0, 0.05) is 23.8 Å². The minimum Gasteiger partial charge on any atom is -0.493 e. The van der Waals surface area contributed by atoms with Gasteiger partial charge in [0.25, 0.3) is 0 Å². The second-order valence-corrected chi connectivity index (χ2v) is 13.8. The van der Waals surface area contributed by atoms with Crippen LogP contribution in [0.3, 0.4) is 0 Å². The largest absolute Gasteiger partial charge is 0.493 e. The van der Waals surface area contributed by atoms with Gasteiger partial charge in [0.2, 0.25) is 0 Å². The van der Waals surface area contributed by atoms with Gasteiger partial charge in [-0.3, -0.25) is 14.4 Å². The third-order valence-electron chi connectivity index (χ3n) is 8.60. The van der Waals surface area contributed by atoms with Gasteiger partial charge >= 0.3 is 5.97 Å². The highest BCUT2D eigenvalue weighted by atomic mass is 16.5. The van der Waals surface area contributed by atoms with E-state index in [0.29, 0.717) is 50.2 Å². The lowest BCUT2D eigenvalue weighted by Gasteiger charge is -2.23. The van der Waals surface area contributed by atoms with Crippen LogP contribution < -0.4 is 14.2 Å². The van der Waals surface area contributed by atoms with Crippen molar-refractivity contribution in [3.63, 3.8) is 0 Å². The standard InChI is InChI=1S/C40H52O6/c1-28-14-16-30(3)35(26-28)44-24-10-22-39(5,6)37(42)13-9-12-34(41)32-18-20-33(21-19-32)46-38(43)40(7,8)23-11-25-45-36-27-29(2)15-17-31(36)4/h14-21,26-27H,9-13,22-25H2,1-8H3. The Kier molecular flexibility index (Phi) is 13.2. The van der Waals surface area contributed by atoms with Gasteiger partial charge in [-0.05, 0) is 132 Å². The molecule has 0 unspecified atom stereocenters. The van der Waals surface area contributed by atoms with Gasteiger partial charge in [0.15, 0.2) is 5.78 Å². The SMILES string of the molecule is Cc1ccc(C)c(OCCCC(C)(C)C(=O)CCCC(=O)c2ccc(OC(=O)C(C)(C)CCCOc3cc(C)ccc3C)cc2)c1. The molecule has 0 radical (unpaired) electrons. The van der Waals surface area contributed by atoms with Gasteiger partial charge < -0.3 is 14.2 Å². The Morgan fingerprint density at radius 1 is 0.609 bits per heavy atom. The van der Waals surface area contributed by atoms with Crippen molar-refractivity contribution >= 4 is 17.5 Å². The van der Waals surface area contributed by atoms with E-state index in [4.69, 9.17) is 14.2 Å². The molecule has 0 N–H and O–H groups in total. The van der Waals surface area contributed by atoms with E-state index in [1.165, 1.54) is 0 Å². The molecule has 0 aliphatic rings. The number of carbonyl (C=O) groups is 3. The molecule has 6 nitrogen and oxygen atoms in total. The molecule has 0 amide bonds. The van der Waals surface area contributed by atoms with E-state index in [9.17, 15) is 14.4 Å². The minimum absolute atomic E-state index is 0.0328. The first-order valence-electron chi connectivity index (χ1n) is 16.5. The first kappa shape index (κ1) is 36.5. The molecule has 0 atom stereocenters. The Bertz CT molecular complexity index is 1480. The molecular weight excluding hydrogens is 576 g/mol. The molecule has 46 heavy (non-hydrogen) atoms. The molecule has 0 saturated carbocycles. The van der Waals surface area contributed by atoms with Gasteiger partial charge in [0.05, 0.1) is 18.6 Å². The van der Waals surface area contributed by atoms with Crippen LogP contribution in [0, 0.1) is 38.5 Å². The summed E-state index contributed by atoms with van der Waals surface area (Å²) in [5.74, 6) is 1.97. The smallest absolute Gasteiger partial charge is 0.316 e. The van der Waals surface area contributed by atoms with Crippen LogP contribution in [0.1, 0.15) is 105 Å². The van der Waals surface area contributed by atoms with E-state index in [2.05, 4.69) is 18.2 Å². The molecule has 0 heterocycles. The Labute approximate surface area is 275 Å². The Morgan fingerprint density at radius 2 is 1.11 bits per heavy atom. The van der Waals surface area contributed by atoms with Crippen LogP contribution in [-0.2, 0) is 9.59 Å². The number of ketones is 2. The van der Waals surface area contributed by atoms with Gasteiger partial charge in [-0.2, -0.15) is 0 Å². The van der Waals surface area contributed by atoms with Crippen LogP contribution in [0.4, 0.5) is 0 Å². The first-order valence-corrected chi connectivity index (χ1v) is 16.5. The summed E-state index contributed by atoms with van der Waals surface area (Å²) in [6, 6.07) is 18.9. The quantitative estimate of drug-likeness (QED) is 0.0604. The number of hydrogen-bond donors (Lipinski definition) is 0. The zero-order chi connectivity index (χ0) is 33.9. The van der Waals surface area contributed by atoms with Crippen molar-refractivity contribution in [3.05, 3.63) is 88.5 Å². The van der Waals surface area contributed by atoms with Crippen LogP contribution in [-0.4, -0.2) is 30.7 Å². The number of hydrogen-bond acceptors (Lipinski definition) is 6. The number of Topliss-reactive ketones (excluding diaryl/α,β-unsaturated/α-hetero) is 2. The average molecular weight is 629 g/mol. The molecule has 0 aliphatic carbocycles. The summed E-state index contributed by atoms with van der Waals surface area (Å²) in [5.41, 5.74) is 3.88. The summed E-state index contributed by atoms with van der Waals surface area (Å²) in [7, 11) is 0. The molecule has 0 aromatic heterocycles. The monoisotopic (exact) mass is 628 g/mol. The van der Waals surface area contributed by atoms with E-state index in [0.717, 1.165) is 46.6 Å². The lowest BCUT2D eigenvalue weighted by atomic mass is 9.81. The third kappa shape index (κ3) is 11.1. The predicted molar refractivity (Wildman–Crippen MR) is 184 cm³/mol. The third-order valence-corrected chi connectivity index (χ3v) is 8.60. The predicted octanol–water partition coefficient (Wildman–Crippen LogP) is 9.52. The highest BCUT2D eigenvalue weighted by Gasteiger charge is 2.30.